The maximum Gasteiger partial charge on any atom is 0.394 e. The number of aliphatic hydroxyl groups is 1. The van der Waals surface area contributed by atoms with E-state index in [1.165, 1.54) is 12.1 Å². The number of benzene rings is 1. The third kappa shape index (κ3) is 7.81. The minimum atomic E-state index is -4.67. The Labute approximate surface area is 104 Å². The summed E-state index contributed by atoms with van der Waals surface area (Å²) in [6.45, 7) is 0.407. The van der Waals surface area contributed by atoms with Crippen molar-refractivity contribution in [2.24, 2.45) is 0 Å². The van der Waals surface area contributed by atoms with Crippen LogP contribution in [0, 0.1) is 0 Å². The van der Waals surface area contributed by atoms with E-state index < -0.39 is 16.5 Å². The average molecular weight is 281 g/mol. The highest BCUT2D eigenvalue weighted by Gasteiger charge is 2.08. The highest BCUT2D eigenvalue weighted by atomic mass is 32.3. The number of likely N-dealkylation sites (N-methyl/N-ethyl adjacent to an activating group) is 1. The number of phenols is 2. The summed E-state index contributed by atoms with van der Waals surface area (Å²) in [6, 6.07) is 4.26. The maximum atomic E-state index is 9.48. The Bertz CT molecular complexity index is 466. The first-order valence-electron chi connectivity index (χ1n) is 4.69. The van der Waals surface area contributed by atoms with E-state index in [9.17, 15) is 5.11 Å². The Morgan fingerprint density at radius 1 is 1.22 bits per heavy atom. The molecular weight excluding hydrogens is 266 g/mol. The zero-order valence-electron chi connectivity index (χ0n) is 9.48. The lowest BCUT2D eigenvalue weighted by Gasteiger charge is -2.10. The predicted molar refractivity (Wildman–Crippen MR) is 62.8 cm³/mol. The lowest BCUT2D eigenvalue weighted by Crippen LogP contribution is -2.16. The number of nitrogens with one attached hydrogen (secondary N) is 1. The van der Waals surface area contributed by atoms with Crippen LogP contribution in [-0.4, -0.2) is 46.4 Å². The van der Waals surface area contributed by atoms with Crippen molar-refractivity contribution in [3.8, 4) is 11.5 Å². The number of hydrogen-bond donors (Lipinski definition) is 6. The molecule has 1 atom stereocenters. The van der Waals surface area contributed by atoms with Gasteiger partial charge < -0.3 is 20.6 Å². The lowest BCUT2D eigenvalue weighted by atomic mass is 10.1. The Morgan fingerprint density at radius 3 is 2.11 bits per heavy atom. The van der Waals surface area contributed by atoms with E-state index in [0.29, 0.717) is 12.1 Å². The molecule has 0 saturated heterocycles. The molecule has 0 bridgehead atoms. The Hall–Kier alpha value is -1.39. The normalized spacial score (nSPS) is 12.4. The second kappa shape index (κ2) is 7.13. The van der Waals surface area contributed by atoms with Gasteiger partial charge in [0.15, 0.2) is 11.5 Å². The van der Waals surface area contributed by atoms with Crippen LogP contribution in [0.4, 0.5) is 0 Å². The summed E-state index contributed by atoms with van der Waals surface area (Å²) < 4.78 is 31.6. The molecule has 8 nitrogen and oxygen atoms in total. The topological polar surface area (TPSA) is 147 Å². The molecule has 0 aromatic heterocycles. The molecule has 0 aliphatic carbocycles. The molecule has 1 aromatic carbocycles. The van der Waals surface area contributed by atoms with Crippen molar-refractivity contribution in [2.45, 2.75) is 6.10 Å². The fourth-order valence-corrected chi connectivity index (χ4v) is 1.06. The Balaban J connectivity index is 0.000000494. The number of phenolic OH excluding ortho intramolecular Hbond substituents is 2. The molecule has 0 radical (unpaired) electrons. The molecule has 0 spiro atoms. The summed E-state index contributed by atoms with van der Waals surface area (Å²) >= 11 is 0. The van der Waals surface area contributed by atoms with Crippen molar-refractivity contribution in [1.29, 1.82) is 0 Å². The highest BCUT2D eigenvalue weighted by Crippen LogP contribution is 2.27. The molecule has 0 heterocycles. The molecular formula is C9H15NO7S. The number of rotatable bonds is 3. The summed E-state index contributed by atoms with van der Waals surface area (Å²) in [7, 11) is -2.94. The van der Waals surface area contributed by atoms with Crippen LogP contribution >= 0.6 is 0 Å². The highest BCUT2D eigenvalue weighted by molar-refractivity contribution is 7.79. The molecule has 1 rings (SSSR count). The van der Waals surface area contributed by atoms with E-state index in [-0.39, 0.29) is 11.5 Å². The van der Waals surface area contributed by atoms with Crippen molar-refractivity contribution < 1.29 is 32.8 Å². The molecule has 9 heteroatoms. The monoisotopic (exact) mass is 281 g/mol. The molecule has 1 unspecified atom stereocenters. The van der Waals surface area contributed by atoms with Gasteiger partial charge in [0.1, 0.15) is 0 Å². The van der Waals surface area contributed by atoms with Crippen molar-refractivity contribution in [2.75, 3.05) is 13.6 Å². The maximum absolute atomic E-state index is 9.48. The molecule has 6 N–H and O–H groups in total. The minimum absolute atomic E-state index is 0.180. The SMILES string of the molecule is CNCC(O)c1ccc(O)c(O)c1.O=S(=O)(O)O. The third-order valence-corrected chi connectivity index (χ3v) is 1.78. The average Bonchev–Trinajstić information content (AvgIpc) is 2.20. The van der Waals surface area contributed by atoms with E-state index in [1.807, 2.05) is 0 Å². The number of aliphatic hydroxyl groups excluding tert-OH is 1. The van der Waals surface area contributed by atoms with Gasteiger partial charge in [0.2, 0.25) is 0 Å². The smallest absolute Gasteiger partial charge is 0.394 e. The molecule has 1 aromatic rings. The van der Waals surface area contributed by atoms with Crippen molar-refractivity contribution in [3.63, 3.8) is 0 Å². The van der Waals surface area contributed by atoms with Crippen LogP contribution in [0.5, 0.6) is 11.5 Å². The fourth-order valence-electron chi connectivity index (χ4n) is 1.06. The zero-order valence-corrected chi connectivity index (χ0v) is 10.3. The quantitative estimate of drug-likeness (QED) is 0.327. The standard InChI is InChI=1S/C9H13NO3.H2O4S/c1-10-5-9(13)6-2-3-7(11)8(12)4-6;1-5(2,3)4/h2-4,9-13H,5H2,1H3;(H2,1,2,3,4). The molecule has 104 valence electrons. The summed E-state index contributed by atoms with van der Waals surface area (Å²) in [5, 5.41) is 30.4. The number of hydrogen-bond acceptors (Lipinski definition) is 6. The molecule has 0 aliphatic rings. The second-order valence-electron chi connectivity index (χ2n) is 3.27. The van der Waals surface area contributed by atoms with Gasteiger partial charge in [0.25, 0.3) is 0 Å². The zero-order chi connectivity index (χ0) is 14.3. The summed E-state index contributed by atoms with van der Waals surface area (Å²) in [4.78, 5) is 0. The van der Waals surface area contributed by atoms with Crippen LogP contribution in [0.25, 0.3) is 0 Å². The molecule has 0 fully saturated rings. The van der Waals surface area contributed by atoms with E-state index in [2.05, 4.69) is 5.32 Å². The first kappa shape index (κ1) is 16.6. The van der Waals surface area contributed by atoms with Crippen LogP contribution in [0.1, 0.15) is 11.7 Å². The largest absolute Gasteiger partial charge is 0.504 e. The van der Waals surface area contributed by atoms with Gasteiger partial charge >= 0.3 is 10.4 Å². The van der Waals surface area contributed by atoms with Crippen molar-refractivity contribution >= 4 is 10.4 Å². The van der Waals surface area contributed by atoms with Gasteiger partial charge in [-0.25, -0.2) is 0 Å². The first-order valence-corrected chi connectivity index (χ1v) is 6.09. The first-order chi connectivity index (χ1) is 8.15. The Morgan fingerprint density at radius 2 is 1.72 bits per heavy atom. The van der Waals surface area contributed by atoms with Crippen LogP contribution in [0.15, 0.2) is 18.2 Å². The van der Waals surface area contributed by atoms with E-state index >= 15 is 0 Å². The van der Waals surface area contributed by atoms with Crippen LogP contribution in [0.3, 0.4) is 0 Å². The van der Waals surface area contributed by atoms with Crippen LogP contribution in [-0.2, 0) is 10.4 Å². The number of aromatic hydroxyl groups is 2. The lowest BCUT2D eigenvalue weighted by molar-refractivity contribution is 0.177. The third-order valence-electron chi connectivity index (χ3n) is 1.78. The molecule has 0 aliphatic heterocycles. The van der Waals surface area contributed by atoms with Gasteiger partial charge in [-0.2, -0.15) is 8.42 Å². The van der Waals surface area contributed by atoms with Gasteiger partial charge in [0, 0.05) is 6.54 Å². The summed E-state index contributed by atoms with van der Waals surface area (Å²) in [5.41, 5.74) is 0.574. The fraction of sp³-hybridized carbons (Fsp3) is 0.333. The van der Waals surface area contributed by atoms with Crippen LogP contribution < -0.4 is 5.32 Å². The van der Waals surface area contributed by atoms with E-state index in [0.717, 1.165) is 0 Å². The van der Waals surface area contributed by atoms with Gasteiger partial charge in [-0.1, -0.05) is 6.07 Å². The predicted octanol–water partition coefficient (Wildman–Crippen LogP) is -0.302. The van der Waals surface area contributed by atoms with Gasteiger partial charge in [-0.3, -0.25) is 9.11 Å². The van der Waals surface area contributed by atoms with E-state index in [1.54, 1.807) is 13.1 Å². The van der Waals surface area contributed by atoms with Crippen molar-refractivity contribution in [3.05, 3.63) is 23.8 Å². The molecule has 0 amide bonds. The van der Waals surface area contributed by atoms with Crippen molar-refractivity contribution in [1.82, 2.24) is 5.32 Å². The van der Waals surface area contributed by atoms with E-state index in [4.69, 9.17) is 27.7 Å². The molecule has 0 saturated carbocycles. The Kier molecular flexibility index (Phi) is 6.58. The summed E-state index contributed by atoms with van der Waals surface area (Å²) in [5.74, 6) is -0.395. The second-order valence-corrected chi connectivity index (χ2v) is 4.17. The van der Waals surface area contributed by atoms with Crippen LogP contribution in [0.2, 0.25) is 0 Å². The van der Waals surface area contributed by atoms with Gasteiger partial charge in [-0.05, 0) is 24.7 Å². The van der Waals surface area contributed by atoms with Gasteiger partial charge in [0.05, 0.1) is 6.10 Å². The van der Waals surface area contributed by atoms with Gasteiger partial charge in [-0.15, -0.1) is 0 Å². The minimum Gasteiger partial charge on any atom is -0.504 e. The summed E-state index contributed by atoms with van der Waals surface area (Å²) in [6.07, 6.45) is -0.670. The molecule has 18 heavy (non-hydrogen) atoms.